The summed E-state index contributed by atoms with van der Waals surface area (Å²) in [5.74, 6) is 1.34. The van der Waals surface area contributed by atoms with Gasteiger partial charge in [0.05, 0.1) is 24.7 Å². The summed E-state index contributed by atoms with van der Waals surface area (Å²) in [7, 11) is 3.22. The molecule has 0 spiro atoms. The minimum Gasteiger partial charge on any atom is -0.496 e. The van der Waals surface area contributed by atoms with E-state index in [1.807, 2.05) is 12.1 Å². The predicted octanol–water partition coefficient (Wildman–Crippen LogP) is 1.58. The molecule has 0 aliphatic carbocycles. The zero-order valence-electron chi connectivity index (χ0n) is 13.7. The normalized spacial score (nSPS) is 11.9. The summed E-state index contributed by atoms with van der Waals surface area (Å²) in [4.78, 5) is 11.9. The van der Waals surface area contributed by atoms with Crippen LogP contribution < -0.4 is 26.3 Å². The summed E-state index contributed by atoms with van der Waals surface area (Å²) in [6.45, 7) is 1.12. The number of amides is 1. The largest absolute Gasteiger partial charge is 0.496 e. The van der Waals surface area contributed by atoms with Crippen molar-refractivity contribution >= 4 is 21.8 Å². The molecule has 0 saturated heterocycles. The highest BCUT2D eigenvalue weighted by Gasteiger charge is 2.13. The molecule has 0 saturated carbocycles. The number of hydrogen-bond donors (Lipinski definition) is 3. The van der Waals surface area contributed by atoms with E-state index in [0.29, 0.717) is 25.9 Å². The average molecular weight is 388 g/mol. The number of halogens is 1. The van der Waals surface area contributed by atoms with Crippen LogP contribution in [0.3, 0.4) is 0 Å². The summed E-state index contributed by atoms with van der Waals surface area (Å²) in [6, 6.07) is 3.27. The highest BCUT2D eigenvalue weighted by molar-refractivity contribution is 9.10. The van der Waals surface area contributed by atoms with E-state index in [1.54, 1.807) is 14.2 Å². The number of nitrogens with one attached hydrogen (secondary N) is 1. The van der Waals surface area contributed by atoms with Gasteiger partial charge in [0.25, 0.3) is 0 Å². The Morgan fingerprint density at radius 2 is 1.96 bits per heavy atom. The molecule has 130 valence electrons. The van der Waals surface area contributed by atoms with Crippen molar-refractivity contribution < 1.29 is 14.3 Å². The van der Waals surface area contributed by atoms with Crippen molar-refractivity contribution in [3.05, 3.63) is 22.2 Å². The Bertz CT molecular complexity index is 512. The molecule has 6 nitrogen and oxygen atoms in total. The van der Waals surface area contributed by atoms with Crippen LogP contribution in [0.4, 0.5) is 0 Å². The number of methoxy groups -OCH3 is 2. The molecule has 0 aliphatic rings. The van der Waals surface area contributed by atoms with Crippen LogP contribution in [-0.4, -0.2) is 39.3 Å². The van der Waals surface area contributed by atoms with Crippen LogP contribution in [0.1, 0.15) is 24.8 Å². The van der Waals surface area contributed by atoms with Gasteiger partial charge in [-0.1, -0.05) is 6.42 Å². The van der Waals surface area contributed by atoms with Gasteiger partial charge in [-0.2, -0.15) is 0 Å². The van der Waals surface area contributed by atoms with Crippen molar-refractivity contribution in [3.8, 4) is 11.5 Å². The lowest BCUT2D eigenvalue weighted by Crippen LogP contribution is -2.41. The lowest BCUT2D eigenvalue weighted by atomic mass is 10.1. The number of carbonyl (C=O) groups is 1. The molecule has 0 aromatic heterocycles. The molecule has 0 unspecified atom stereocenters. The van der Waals surface area contributed by atoms with Gasteiger partial charge in [-0.05, 0) is 59.4 Å². The lowest BCUT2D eigenvalue weighted by Gasteiger charge is -2.14. The van der Waals surface area contributed by atoms with E-state index in [9.17, 15) is 4.79 Å². The highest BCUT2D eigenvalue weighted by atomic mass is 79.9. The number of rotatable bonds is 10. The number of carbonyl (C=O) groups excluding carboxylic acids is 1. The van der Waals surface area contributed by atoms with Gasteiger partial charge >= 0.3 is 0 Å². The Morgan fingerprint density at radius 1 is 1.26 bits per heavy atom. The molecule has 0 heterocycles. The van der Waals surface area contributed by atoms with E-state index in [-0.39, 0.29) is 5.91 Å². The van der Waals surface area contributed by atoms with Gasteiger partial charge in [0.15, 0.2) is 0 Å². The van der Waals surface area contributed by atoms with Gasteiger partial charge in [-0.3, -0.25) is 4.79 Å². The maximum atomic E-state index is 11.9. The molecule has 1 rings (SSSR count). The Morgan fingerprint density at radius 3 is 2.57 bits per heavy atom. The first kappa shape index (κ1) is 19.7. The van der Waals surface area contributed by atoms with Crippen molar-refractivity contribution in [2.45, 2.75) is 31.7 Å². The highest BCUT2D eigenvalue weighted by Crippen LogP contribution is 2.32. The van der Waals surface area contributed by atoms with E-state index >= 15 is 0 Å². The van der Waals surface area contributed by atoms with Gasteiger partial charge in [0.2, 0.25) is 5.91 Å². The van der Waals surface area contributed by atoms with Crippen molar-refractivity contribution in [1.82, 2.24) is 5.32 Å². The molecule has 0 bridgehead atoms. The van der Waals surface area contributed by atoms with Crippen molar-refractivity contribution in [2.75, 3.05) is 27.3 Å². The first-order valence-corrected chi connectivity index (χ1v) is 8.46. The zero-order valence-corrected chi connectivity index (χ0v) is 15.3. The summed E-state index contributed by atoms with van der Waals surface area (Å²) in [6.07, 6.45) is 3.03. The second-order valence-corrected chi connectivity index (χ2v) is 6.08. The minimum atomic E-state index is -0.483. The molecule has 0 radical (unpaired) electrons. The van der Waals surface area contributed by atoms with E-state index in [0.717, 1.165) is 34.4 Å². The first-order chi connectivity index (χ1) is 11.0. The molecule has 1 aromatic carbocycles. The quantitative estimate of drug-likeness (QED) is 0.529. The third-order valence-electron chi connectivity index (χ3n) is 3.55. The second kappa shape index (κ2) is 10.5. The van der Waals surface area contributed by atoms with E-state index in [2.05, 4.69) is 21.2 Å². The Labute approximate surface area is 146 Å². The number of nitrogens with two attached hydrogens (primary N) is 2. The molecule has 1 atom stereocenters. The van der Waals surface area contributed by atoms with Crippen molar-refractivity contribution in [1.29, 1.82) is 0 Å². The molecule has 0 aliphatic heterocycles. The van der Waals surface area contributed by atoms with Gasteiger partial charge in [0.1, 0.15) is 11.5 Å². The van der Waals surface area contributed by atoms with Crippen LogP contribution in [0, 0.1) is 0 Å². The number of unbranched alkanes of at least 4 members (excludes halogenated alkanes) is 1. The molecular formula is C16H26BrN3O3. The molecule has 0 fully saturated rings. The molecular weight excluding hydrogens is 362 g/mol. The topological polar surface area (TPSA) is 99.6 Å². The van der Waals surface area contributed by atoms with Crippen molar-refractivity contribution in [2.24, 2.45) is 11.5 Å². The fourth-order valence-corrected chi connectivity index (χ4v) is 2.69. The smallest absolute Gasteiger partial charge is 0.236 e. The maximum Gasteiger partial charge on any atom is 0.236 e. The van der Waals surface area contributed by atoms with Gasteiger partial charge in [-0.15, -0.1) is 0 Å². The van der Waals surface area contributed by atoms with Gasteiger partial charge < -0.3 is 26.3 Å². The Hall–Kier alpha value is -1.31. The molecule has 7 heteroatoms. The zero-order chi connectivity index (χ0) is 17.2. The minimum absolute atomic E-state index is 0.134. The molecule has 1 amide bonds. The predicted molar refractivity (Wildman–Crippen MR) is 94.8 cm³/mol. The lowest BCUT2D eigenvalue weighted by molar-refractivity contribution is -0.122. The standard InChI is InChI=1S/C16H26BrN3O3/c1-22-14-10-12(17)15(23-2)9-11(14)6-8-20-16(21)13(19)5-3-4-7-18/h9-10,13H,3-8,18-19H2,1-2H3,(H,20,21)/t13-/m0/s1. The Balaban J connectivity index is 2.53. The average Bonchev–Trinajstić information content (AvgIpc) is 2.55. The number of hydrogen-bond acceptors (Lipinski definition) is 5. The number of ether oxygens (including phenoxy) is 2. The van der Waals surface area contributed by atoms with Crippen LogP contribution in [0.25, 0.3) is 0 Å². The number of benzene rings is 1. The fraction of sp³-hybridized carbons (Fsp3) is 0.562. The summed E-state index contributed by atoms with van der Waals surface area (Å²) >= 11 is 3.42. The van der Waals surface area contributed by atoms with Gasteiger partial charge in [-0.25, -0.2) is 0 Å². The SMILES string of the molecule is COc1cc(CCNC(=O)[C@@H](N)CCCCN)c(OC)cc1Br. The summed E-state index contributed by atoms with van der Waals surface area (Å²) in [5.41, 5.74) is 12.2. The maximum absolute atomic E-state index is 11.9. The molecule has 5 N–H and O–H groups in total. The van der Waals surface area contributed by atoms with E-state index in [1.165, 1.54) is 0 Å². The second-order valence-electron chi connectivity index (χ2n) is 5.23. The van der Waals surface area contributed by atoms with Crippen LogP contribution in [-0.2, 0) is 11.2 Å². The van der Waals surface area contributed by atoms with Crippen LogP contribution in [0.5, 0.6) is 11.5 Å². The van der Waals surface area contributed by atoms with Gasteiger partial charge in [0, 0.05) is 6.54 Å². The van der Waals surface area contributed by atoms with Crippen LogP contribution >= 0.6 is 15.9 Å². The summed E-state index contributed by atoms with van der Waals surface area (Å²) in [5, 5.41) is 2.86. The molecule has 1 aromatic rings. The monoisotopic (exact) mass is 387 g/mol. The van der Waals surface area contributed by atoms with Crippen LogP contribution in [0.15, 0.2) is 16.6 Å². The fourth-order valence-electron chi connectivity index (χ4n) is 2.21. The summed E-state index contributed by atoms with van der Waals surface area (Å²) < 4.78 is 11.5. The van der Waals surface area contributed by atoms with E-state index < -0.39 is 6.04 Å². The molecule has 23 heavy (non-hydrogen) atoms. The van der Waals surface area contributed by atoms with E-state index in [4.69, 9.17) is 20.9 Å². The first-order valence-electron chi connectivity index (χ1n) is 7.67. The third-order valence-corrected chi connectivity index (χ3v) is 4.17. The Kier molecular flexibility index (Phi) is 8.98. The van der Waals surface area contributed by atoms with Crippen molar-refractivity contribution in [3.63, 3.8) is 0 Å². The van der Waals surface area contributed by atoms with Crippen LogP contribution in [0.2, 0.25) is 0 Å². The third kappa shape index (κ3) is 6.37.